The van der Waals surface area contributed by atoms with Gasteiger partial charge >= 0.3 is 0 Å². The molecule has 5 heteroatoms. The van der Waals surface area contributed by atoms with Gasteiger partial charge in [-0.1, -0.05) is 6.92 Å². The van der Waals surface area contributed by atoms with E-state index < -0.39 is 0 Å². The minimum atomic E-state index is 0.140. The predicted molar refractivity (Wildman–Crippen MR) is 71.4 cm³/mol. The van der Waals surface area contributed by atoms with E-state index in [1.807, 2.05) is 12.1 Å². The van der Waals surface area contributed by atoms with E-state index in [1.165, 1.54) is 0 Å². The lowest BCUT2D eigenvalue weighted by Crippen LogP contribution is -2.20. The van der Waals surface area contributed by atoms with Gasteiger partial charge in [0.05, 0.1) is 23.1 Å². The zero-order chi connectivity index (χ0) is 13.2. The molecule has 1 unspecified atom stereocenters. The minimum Gasteiger partial charge on any atom is -0.323 e. The smallest absolute Gasteiger partial charge is 0.227 e. The number of aromatic nitrogens is 3. The molecule has 19 heavy (non-hydrogen) atoms. The molecule has 1 aliphatic carbocycles. The van der Waals surface area contributed by atoms with Crippen molar-refractivity contribution in [3.05, 3.63) is 42.0 Å². The molecule has 0 amide bonds. The first kappa shape index (κ1) is 11.8. The SMILES string of the molecule is CC1CC(=O)c2cnc(Nc3cccnc3)nc2C1. The maximum Gasteiger partial charge on any atom is 0.227 e. The Morgan fingerprint density at radius 2 is 2.21 bits per heavy atom. The summed E-state index contributed by atoms with van der Waals surface area (Å²) in [6.07, 6.45) is 6.45. The van der Waals surface area contributed by atoms with E-state index in [0.717, 1.165) is 17.8 Å². The van der Waals surface area contributed by atoms with Gasteiger partial charge in [0.1, 0.15) is 0 Å². The second-order valence-corrected chi connectivity index (χ2v) is 4.86. The number of carbonyl (C=O) groups is 1. The van der Waals surface area contributed by atoms with Crippen molar-refractivity contribution >= 4 is 17.4 Å². The molecule has 0 radical (unpaired) electrons. The van der Waals surface area contributed by atoms with Crippen LogP contribution in [0.1, 0.15) is 29.4 Å². The number of rotatable bonds is 2. The highest BCUT2D eigenvalue weighted by Crippen LogP contribution is 2.24. The average Bonchev–Trinajstić information content (AvgIpc) is 2.39. The summed E-state index contributed by atoms with van der Waals surface area (Å²) in [5.41, 5.74) is 2.33. The lowest BCUT2D eigenvalue weighted by atomic mass is 9.88. The molecule has 5 nitrogen and oxygen atoms in total. The third kappa shape index (κ3) is 2.45. The van der Waals surface area contributed by atoms with Crippen LogP contribution in [0.4, 0.5) is 11.6 Å². The van der Waals surface area contributed by atoms with Gasteiger partial charge in [0, 0.05) is 18.8 Å². The second-order valence-electron chi connectivity index (χ2n) is 4.86. The number of nitrogens with one attached hydrogen (secondary N) is 1. The molecule has 2 aromatic rings. The van der Waals surface area contributed by atoms with Gasteiger partial charge in [0.25, 0.3) is 0 Å². The molecule has 1 atom stereocenters. The number of ketones is 1. The van der Waals surface area contributed by atoms with Crippen molar-refractivity contribution in [2.75, 3.05) is 5.32 Å². The molecule has 0 aromatic carbocycles. The number of hydrogen-bond acceptors (Lipinski definition) is 5. The summed E-state index contributed by atoms with van der Waals surface area (Å²) in [6.45, 7) is 2.07. The van der Waals surface area contributed by atoms with E-state index in [-0.39, 0.29) is 5.78 Å². The van der Waals surface area contributed by atoms with Gasteiger partial charge < -0.3 is 5.32 Å². The van der Waals surface area contributed by atoms with Crippen LogP contribution in [0.25, 0.3) is 0 Å². The Morgan fingerprint density at radius 1 is 1.32 bits per heavy atom. The van der Waals surface area contributed by atoms with Crippen LogP contribution < -0.4 is 5.32 Å². The maximum absolute atomic E-state index is 11.9. The van der Waals surface area contributed by atoms with Crippen LogP contribution in [-0.2, 0) is 6.42 Å². The van der Waals surface area contributed by atoms with Crippen LogP contribution in [0, 0.1) is 5.92 Å². The number of Topliss-reactive ketones (excluding diaryl/α,β-unsaturated/α-hetero) is 1. The zero-order valence-corrected chi connectivity index (χ0v) is 10.6. The van der Waals surface area contributed by atoms with Crippen LogP contribution in [0.15, 0.2) is 30.7 Å². The summed E-state index contributed by atoms with van der Waals surface area (Å²) in [7, 11) is 0. The zero-order valence-electron chi connectivity index (χ0n) is 10.6. The second kappa shape index (κ2) is 4.76. The third-order valence-corrected chi connectivity index (χ3v) is 3.16. The van der Waals surface area contributed by atoms with E-state index >= 15 is 0 Å². The molecule has 96 valence electrons. The number of fused-ring (bicyclic) bond motifs is 1. The monoisotopic (exact) mass is 254 g/mol. The molecule has 3 rings (SSSR count). The van der Waals surface area contributed by atoms with Crippen molar-refractivity contribution < 1.29 is 4.79 Å². The third-order valence-electron chi connectivity index (χ3n) is 3.16. The van der Waals surface area contributed by atoms with Gasteiger partial charge in [-0.05, 0) is 24.5 Å². The summed E-state index contributed by atoms with van der Waals surface area (Å²) < 4.78 is 0. The van der Waals surface area contributed by atoms with Gasteiger partial charge in [-0.25, -0.2) is 9.97 Å². The molecule has 0 bridgehead atoms. The van der Waals surface area contributed by atoms with E-state index in [1.54, 1.807) is 18.6 Å². The topological polar surface area (TPSA) is 67.8 Å². The first-order chi connectivity index (χ1) is 9.22. The lowest BCUT2D eigenvalue weighted by Gasteiger charge is -2.19. The Hall–Kier alpha value is -2.30. The quantitative estimate of drug-likeness (QED) is 0.891. The van der Waals surface area contributed by atoms with Crippen molar-refractivity contribution in [2.24, 2.45) is 5.92 Å². The fourth-order valence-corrected chi connectivity index (χ4v) is 2.26. The van der Waals surface area contributed by atoms with E-state index in [0.29, 0.717) is 23.9 Å². The Balaban J connectivity index is 1.89. The fraction of sp³-hybridized carbons (Fsp3) is 0.286. The summed E-state index contributed by atoms with van der Waals surface area (Å²) in [6, 6.07) is 3.73. The largest absolute Gasteiger partial charge is 0.323 e. The first-order valence-corrected chi connectivity index (χ1v) is 6.28. The van der Waals surface area contributed by atoms with Crippen LogP contribution in [0.3, 0.4) is 0 Å². The molecule has 2 heterocycles. The Morgan fingerprint density at radius 3 is 3.00 bits per heavy atom. The number of hydrogen-bond donors (Lipinski definition) is 1. The van der Waals surface area contributed by atoms with Crippen molar-refractivity contribution in [3.8, 4) is 0 Å². The van der Waals surface area contributed by atoms with Gasteiger partial charge in [-0.3, -0.25) is 9.78 Å². The summed E-state index contributed by atoms with van der Waals surface area (Å²) in [5.74, 6) is 0.997. The highest BCUT2D eigenvalue weighted by Gasteiger charge is 2.24. The predicted octanol–water partition coefficient (Wildman–Crippen LogP) is 2.38. The maximum atomic E-state index is 11.9. The van der Waals surface area contributed by atoms with Crippen LogP contribution >= 0.6 is 0 Å². The minimum absolute atomic E-state index is 0.140. The number of carbonyl (C=O) groups excluding carboxylic acids is 1. The van der Waals surface area contributed by atoms with Gasteiger partial charge in [-0.2, -0.15) is 0 Å². The number of pyridine rings is 1. The standard InChI is InChI=1S/C14H14N4O/c1-9-5-12-11(13(19)6-9)8-16-14(18-12)17-10-3-2-4-15-7-10/h2-4,7-9H,5-6H2,1H3,(H,16,17,18). The van der Waals surface area contributed by atoms with Gasteiger partial charge in [-0.15, -0.1) is 0 Å². The fourth-order valence-electron chi connectivity index (χ4n) is 2.26. The van der Waals surface area contributed by atoms with Crippen LogP contribution in [0.5, 0.6) is 0 Å². The highest BCUT2D eigenvalue weighted by atomic mass is 16.1. The van der Waals surface area contributed by atoms with Crippen molar-refractivity contribution in [1.82, 2.24) is 15.0 Å². The summed E-state index contributed by atoms with van der Waals surface area (Å²) in [4.78, 5) is 24.5. The summed E-state index contributed by atoms with van der Waals surface area (Å²) in [5, 5.41) is 3.09. The lowest BCUT2D eigenvalue weighted by molar-refractivity contribution is 0.0951. The van der Waals surface area contributed by atoms with Crippen LogP contribution in [0.2, 0.25) is 0 Å². The van der Waals surface area contributed by atoms with E-state index in [2.05, 4.69) is 27.2 Å². The molecule has 0 spiro atoms. The molecule has 1 N–H and O–H groups in total. The van der Waals surface area contributed by atoms with E-state index in [4.69, 9.17) is 0 Å². The Labute approximate surface area is 111 Å². The van der Waals surface area contributed by atoms with Crippen molar-refractivity contribution in [3.63, 3.8) is 0 Å². The Kier molecular flexibility index (Phi) is 2.95. The Bertz CT molecular complexity index is 612. The molecule has 0 fully saturated rings. The molecule has 0 saturated carbocycles. The molecular formula is C14H14N4O. The normalized spacial score (nSPS) is 17.9. The first-order valence-electron chi connectivity index (χ1n) is 6.28. The molecule has 0 saturated heterocycles. The molecule has 2 aromatic heterocycles. The summed E-state index contributed by atoms with van der Waals surface area (Å²) >= 11 is 0. The van der Waals surface area contributed by atoms with Gasteiger partial charge in [0.2, 0.25) is 5.95 Å². The highest BCUT2D eigenvalue weighted by molar-refractivity contribution is 5.98. The molecular weight excluding hydrogens is 240 g/mol. The van der Waals surface area contributed by atoms with Crippen LogP contribution in [-0.4, -0.2) is 20.7 Å². The number of anilines is 2. The molecule has 0 aliphatic heterocycles. The van der Waals surface area contributed by atoms with Crippen molar-refractivity contribution in [1.29, 1.82) is 0 Å². The van der Waals surface area contributed by atoms with Crippen molar-refractivity contribution in [2.45, 2.75) is 19.8 Å². The van der Waals surface area contributed by atoms with Gasteiger partial charge in [0.15, 0.2) is 5.78 Å². The number of nitrogens with zero attached hydrogens (tertiary/aromatic N) is 3. The average molecular weight is 254 g/mol. The molecule has 1 aliphatic rings. The van der Waals surface area contributed by atoms with E-state index in [9.17, 15) is 4.79 Å².